The Hall–Kier alpha value is -0.850. The van der Waals surface area contributed by atoms with Crippen molar-refractivity contribution in [3.05, 3.63) is 23.3 Å². The molecule has 90 valence electrons. The van der Waals surface area contributed by atoms with Crippen molar-refractivity contribution in [3.8, 4) is 0 Å². The number of carbonyl (C=O) groups excluding carboxylic acids is 1. The van der Waals surface area contributed by atoms with E-state index in [1.54, 1.807) is 11.1 Å². The minimum absolute atomic E-state index is 0.286. The molecule has 5 aliphatic rings. The molecule has 17 heavy (non-hydrogen) atoms. The van der Waals surface area contributed by atoms with E-state index in [1.165, 1.54) is 32.1 Å². The Bertz CT molecular complexity index is 442. The summed E-state index contributed by atoms with van der Waals surface area (Å²) in [4.78, 5) is 12.5. The van der Waals surface area contributed by atoms with Crippen LogP contribution in [0.5, 0.6) is 0 Å². The molecule has 2 bridgehead atoms. The first-order chi connectivity index (χ1) is 8.29. The molecule has 0 aromatic heterocycles. The second-order valence-corrected chi connectivity index (χ2v) is 6.36. The highest BCUT2D eigenvalue weighted by Crippen LogP contribution is 2.59. The van der Waals surface area contributed by atoms with Crippen molar-refractivity contribution >= 4 is 5.78 Å². The van der Waals surface area contributed by atoms with Gasteiger partial charge in [0.15, 0.2) is 0 Å². The van der Waals surface area contributed by atoms with Crippen molar-refractivity contribution in [1.29, 1.82) is 0 Å². The minimum Gasteiger partial charge on any atom is -0.299 e. The number of fused-ring (bicyclic) bond motifs is 1. The molecule has 0 radical (unpaired) electrons. The molecule has 1 unspecified atom stereocenters. The summed E-state index contributed by atoms with van der Waals surface area (Å²) in [6, 6.07) is 0. The normalized spacial score (nSPS) is 47.4. The van der Waals surface area contributed by atoms with Crippen molar-refractivity contribution in [2.75, 3.05) is 0 Å². The molecule has 0 aromatic rings. The molecule has 5 rings (SSSR count). The molecule has 1 nitrogen and oxygen atoms in total. The average molecular weight is 228 g/mol. The van der Waals surface area contributed by atoms with E-state index < -0.39 is 0 Å². The zero-order chi connectivity index (χ0) is 11.6. The molecule has 0 spiro atoms. The van der Waals surface area contributed by atoms with Crippen LogP contribution in [0, 0.1) is 29.6 Å². The van der Waals surface area contributed by atoms with Crippen LogP contribution in [0.15, 0.2) is 23.3 Å². The van der Waals surface area contributed by atoms with Crippen LogP contribution in [0.25, 0.3) is 0 Å². The molecule has 0 heterocycles. The molecule has 5 atom stereocenters. The smallest absolute Gasteiger partial charge is 0.144 e. The van der Waals surface area contributed by atoms with Gasteiger partial charge in [-0.25, -0.2) is 0 Å². The lowest BCUT2D eigenvalue weighted by atomic mass is 9.51. The van der Waals surface area contributed by atoms with Gasteiger partial charge in [0, 0.05) is 11.8 Å². The highest BCUT2D eigenvalue weighted by Gasteiger charge is 2.55. The number of hydrogen-bond donors (Lipinski definition) is 0. The Labute approximate surface area is 103 Å². The third kappa shape index (κ3) is 1.13. The lowest BCUT2D eigenvalue weighted by Crippen LogP contribution is -2.50. The highest BCUT2D eigenvalue weighted by atomic mass is 16.1. The van der Waals surface area contributed by atoms with Crippen LogP contribution in [0.1, 0.15) is 39.0 Å². The van der Waals surface area contributed by atoms with Crippen molar-refractivity contribution in [2.45, 2.75) is 39.0 Å². The molecule has 5 aliphatic carbocycles. The first kappa shape index (κ1) is 10.1. The van der Waals surface area contributed by atoms with E-state index in [1.807, 2.05) is 0 Å². The van der Waals surface area contributed by atoms with Crippen molar-refractivity contribution in [3.63, 3.8) is 0 Å². The Kier molecular flexibility index (Phi) is 1.98. The molecule has 0 amide bonds. The van der Waals surface area contributed by atoms with Gasteiger partial charge in [-0.3, -0.25) is 4.79 Å². The van der Waals surface area contributed by atoms with Gasteiger partial charge in [0.2, 0.25) is 0 Å². The molecule has 1 saturated carbocycles. The number of hydrogen-bond acceptors (Lipinski definition) is 1. The number of Topliss-reactive ketones (excluding diaryl/α,β-unsaturated/α-hetero) is 1. The third-order valence-corrected chi connectivity index (χ3v) is 5.73. The van der Waals surface area contributed by atoms with Gasteiger partial charge in [-0.2, -0.15) is 0 Å². The predicted octanol–water partition coefficient (Wildman–Crippen LogP) is 3.51. The Morgan fingerprint density at radius 3 is 2.76 bits per heavy atom. The SMILES string of the molecule is CC1C(=O)[C@H]2C3=C(CCCC3)[C@@H]1[C@@H]1CC=C[C@H]21. The minimum atomic E-state index is 0.286. The second kappa shape index (κ2) is 3.34. The van der Waals surface area contributed by atoms with Gasteiger partial charge >= 0.3 is 0 Å². The highest BCUT2D eigenvalue weighted by molar-refractivity contribution is 5.90. The van der Waals surface area contributed by atoms with Gasteiger partial charge in [-0.15, -0.1) is 0 Å². The van der Waals surface area contributed by atoms with E-state index in [4.69, 9.17) is 0 Å². The van der Waals surface area contributed by atoms with Gasteiger partial charge in [0.05, 0.1) is 0 Å². The number of ketones is 1. The summed E-state index contributed by atoms with van der Waals surface area (Å²) in [5.74, 6) is 3.09. The summed E-state index contributed by atoms with van der Waals surface area (Å²) in [6.07, 6.45) is 11.1. The Balaban J connectivity index is 1.89. The molecule has 0 N–H and O–H groups in total. The van der Waals surface area contributed by atoms with Gasteiger partial charge < -0.3 is 0 Å². The quantitative estimate of drug-likeness (QED) is 0.580. The molecule has 1 fully saturated rings. The second-order valence-electron chi connectivity index (χ2n) is 6.36. The van der Waals surface area contributed by atoms with Crippen LogP contribution in [0.2, 0.25) is 0 Å². The monoisotopic (exact) mass is 228 g/mol. The first-order valence-electron chi connectivity index (χ1n) is 7.21. The standard InChI is InChI=1S/C16H20O/c1-9-14-10-5-2-3-6-12(10)15(16(9)17)13-8-4-7-11(13)14/h4,8-9,11,13-15H,2-3,5-7H2,1H3/t9?,11-,13+,14-,15+/m1/s1. The first-order valence-corrected chi connectivity index (χ1v) is 7.21. The third-order valence-electron chi connectivity index (χ3n) is 5.73. The summed E-state index contributed by atoms with van der Waals surface area (Å²) in [6.45, 7) is 2.19. The maximum absolute atomic E-state index is 12.5. The van der Waals surface area contributed by atoms with Crippen molar-refractivity contribution < 1.29 is 4.79 Å². The summed E-state index contributed by atoms with van der Waals surface area (Å²) >= 11 is 0. The van der Waals surface area contributed by atoms with E-state index in [0.717, 1.165) is 5.92 Å². The Morgan fingerprint density at radius 2 is 1.94 bits per heavy atom. The zero-order valence-electron chi connectivity index (χ0n) is 10.5. The lowest BCUT2D eigenvalue weighted by molar-refractivity contribution is -0.134. The van der Waals surface area contributed by atoms with Gasteiger partial charge in [0.25, 0.3) is 0 Å². The molecule has 0 aromatic carbocycles. The fourth-order valence-electron chi connectivity index (χ4n) is 5.11. The van der Waals surface area contributed by atoms with E-state index in [2.05, 4.69) is 19.1 Å². The summed E-state index contributed by atoms with van der Waals surface area (Å²) in [5.41, 5.74) is 3.30. The number of rotatable bonds is 0. The molecular weight excluding hydrogens is 208 g/mol. The summed E-state index contributed by atoms with van der Waals surface area (Å²) < 4.78 is 0. The fourth-order valence-corrected chi connectivity index (χ4v) is 5.11. The van der Waals surface area contributed by atoms with Gasteiger partial charge in [-0.05, 0) is 49.9 Å². The summed E-state index contributed by atoms with van der Waals surface area (Å²) in [5, 5.41) is 0. The molecular formula is C16H20O. The summed E-state index contributed by atoms with van der Waals surface area (Å²) in [7, 11) is 0. The zero-order valence-corrected chi connectivity index (χ0v) is 10.5. The maximum atomic E-state index is 12.5. The molecule has 1 heteroatoms. The molecule has 0 aliphatic heterocycles. The van der Waals surface area contributed by atoms with Gasteiger partial charge in [0.1, 0.15) is 5.78 Å². The van der Waals surface area contributed by atoms with Crippen LogP contribution >= 0.6 is 0 Å². The van der Waals surface area contributed by atoms with Crippen molar-refractivity contribution in [1.82, 2.24) is 0 Å². The average Bonchev–Trinajstić information content (AvgIpc) is 2.82. The van der Waals surface area contributed by atoms with Gasteiger partial charge in [-0.1, -0.05) is 30.2 Å². The van der Waals surface area contributed by atoms with Crippen LogP contribution < -0.4 is 0 Å². The molecule has 0 saturated heterocycles. The largest absolute Gasteiger partial charge is 0.299 e. The van der Waals surface area contributed by atoms with E-state index in [9.17, 15) is 4.79 Å². The van der Waals surface area contributed by atoms with Crippen molar-refractivity contribution in [2.24, 2.45) is 29.6 Å². The van der Waals surface area contributed by atoms with Crippen LogP contribution in [-0.4, -0.2) is 5.78 Å². The predicted molar refractivity (Wildman–Crippen MR) is 67.4 cm³/mol. The van der Waals surface area contributed by atoms with E-state index in [-0.39, 0.29) is 5.92 Å². The topological polar surface area (TPSA) is 17.1 Å². The van der Waals surface area contributed by atoms with Crippen LogP contribution in [0.4, 0.5) is 0 Å². The fraction of sp³-hybridized carbons (Fsp3) is 0.688. The number of carbonyl (C=O) groups is 1. The van der Waals surface area contributed by atoms with Crippen LogP contribution in [-0.2, 0) is 4.79 Å². The number of allylic oxidation sites excluding steroid dienone is 4. The Morgan fingerprint density at radius 1 is 1.18 bits per heavy atom. The lowest BCUT2D eigenvalue weighted by Gasteiger charge is -2.52. The maximum Gasteiger partial charge on any atom is 0.144 e. The van der Waals surface area contributed by atoms with E-state index >= 15 is 0 Å². The van der Waals surface area contributed by atoms with E-state index in [0.29, 0.717) is 23.5 Å². The van der Waals surface area contributed by atoms with Crippen LogP contribution in [0.3, 0.4) is 0 Å².